The number of unbranched alkanes of at least 4 members (excludes halogenated alkanes) is 1. The third kappa shape index (κ3) is 9.12. The van der Waals surface area contributed by atoms with E-state index in [-0.39, 0.29) is 11.7 Å². The van der Waals surface area contributed by atoms with E-state index in [1.807, 2.05) is 19.1 Å². The molecule has 0 unspecified atom stereocenters. The number of hydrogen-bond donors (Lipinski definition) is 3. The lowest BCUT2D eigenvalue weighted by Crippen LogP contribution is -2.41. The number of rotatable bonds is 15. The molecule has 0 radical (unpaired) electrons. The number of carbonyl (C=O) groups excluding carboxylic acids is 1. The van der Waals surface area contributed by atoms with Crippen LogP contribution in [0.2, 0.25) is 0 Å². The zero-order valence-corrected chi connectivity index (χ0v) is 24.9. The number of anilines is 2. The molecule has 1 atom stereocenters. The number of pyridine rings is 2. The molecule has 214 valence electrons. The second-order valence-electron chi connectivity index (χ2n) is 10.2. The zero-order chi connectivity index (χ0) is 28.3. The van der Waals surface area contributed by atoms with Gasteiger partial charge in [-0.25, -0.2) is 4.98 Å². The van der Waals surface area contributed by atoms with Crippen molar-refractivity contribution in [3.8, 4) is 5.75 Å². The molecule has 40 heavy (non-hydrogen) atoms. The van der Waals surface area contributed by atoms with E-state index in [0.717, 1.165) is 79.4 Å². The minimum Gasteiger partial charge on any atom is -0.491 e. The average Bonchev–Trinajstić information content (AvgIpc) is 2.94. The lowest BCUT2D eigenvalue weighted by molar-refractivity contribution is -0.895. The smallest absolute Gasteiger partial charge is 0.428 e. The molecule has 0 amide bonds. The highest BCUT2D eigenvalue weighted by Gasteiger charge is 2.23. The van der Waals surface area contributed by atoms with Crippen LogP contribution in [-0.2, 0) is 17.6 Å². The number of nitrogens with one attached hydrogen (secondary N) is 2. The summed E-state index contributed by atoms with van der Waals surface area (Å²) in [5, 5.41) is 16.7. The summed E-state index contributed by atoms with van der Waals surface area (Å²) >= 11 is 3.28. The van der Waals surface area contributed by atoms with E-state index in [0.29, 0.717) is 24.0 Å². The van der Waals surface area contributed by atoms with Gasteiger partial charge in [0, 0.05) is 37.4 Å². The van der Waals surface area contributed by atoms with Crippen molar-refractivity contribution in [2.75, 3.05) is 43.4 Å². The summed E-state index contributed by atoms with van der Waals surface area (Å²) in [6.07, 6.45) is 10.6. The third-order valence-corrected chi connectivity index (χ3v) is 7.38. The fourth-order valence-electron chi connectivity index (χ4n) is 4.66. The van der Waals surface area contributed by atoms with Gasteiger partial charge in [0.15, 0.2) is 5.78 Å². The van der Waals surface area contributed by atoms with Gasteiger partial charge in [-0.15, -0.1) is 0 Å². The number of ether oxygens (including phenoxy) is 1. The van der Waals surface area contributed by atoms with Crippen LogP contribution >= 0.6 is 15.9 Å². The third-order valence-electron chi connectivity index (χ3n) is 6.97. The van der Waals surface area contributed by atoms with Gasteiger partial charge in [0.2, 0.25) is 0 Å². The Bertz CT molecular complexity index is 1260. The van der Waals surface area contributed by atoms with Crippen molar-refractivity contribution in [1.82, 2.24) is 19.9 Å². The van der Waals surface area contributed by atoms with E-state index >= 15 is 0 Å². The summed E-state index contributed by atoms with van der Waals surface area (Å²) in [4.78, 5) is 28.1. The molecule has 1 aliphatic rings. The molecule has 3 aromatic heterocycles. The van der Waals surface area contributed by atoms with Gasteiger partial charge in [0.05, 0.1) is 10.7 Å². The van der Waals surface area contributed by atoms with Crippen molar-refractivity contribution in [1.29, 1.82) is 0 Å². The Morgan fingerprint density at radius 3 is 2.85 bits per heavy atom. The van der Waals surface area contributed by atoms with Gasteiger partial charge < -0.3 is 15.3 Å². The molecule has 3 aromatic rings. The summed E-state index contributed by atoms with van der Waals surface area (Å²) in [6.45, 7) is 7.29. The maximum atomic E-state index is 12.4. The molecule has 11 heteroatoms. The van der Waals surface area contributed by atoms with Crippen molar-refractivity contribution >= 4 is 33.5 Å². The fourth-order valence-corrected chi connectivity index (χ4v) is 4.95. The number of hydrogen-bond acceptors (Lipinski definition) is 9. The molecule has 4 heterocycles. The Kier molecular flexibility index (Phi) is 11.1. The van der Waals surface area contributed by atoms with Crippen LogP contribution in [0.25, 0.3) is 0 Å². The standard InChI is InChI=1S/C29H38BrN7O3/c1-21-8-11-26(19-32-21)40-17-16-36(14-4-3-7-25-10-9-23-6-5-13-31-28(23)34-25)15-12-27(22(2)38)35-29-33-18-24(30)20-37(29)39/h8-11,18-20,27,39H,3-7,12-17H2,1-2H3,(H,31,34)/p+1/t27-/m0/s1. The van der Waals surface area contributed by atoms with Crippen LogP contribution in [0, 0.1) is 6.92 Å². The number of aryl methyl sites for hydroxylation is 3. The molecule has 0 saturated carbocycles. The SMILES string of the molecule is CC(=O)[C@H](CCN(CCCCc1ccc2c(n1)NCCC2)CCOc1ccc(C)nc1)Nc1ncc(Br)c[n+]1O. The van der Waals surface area contributed by atoms with Gasteiger partial charge in [-0.05, 0) is 92.2 Å². The molecule has 1 aliphatic heterocycles. The topological polar surface area (TPSA) is 116 Å². The van der Waals surface area contributed by atoms with E-state index in [2.05, 4.69) is 53.6 Å². The molecule has 0 fully saturated rings. The number of carbonyl (C=O) groups is 1. The number of Topliss-reactive ketones (excluding diaryl/α,β-unsaturated/α-hetero) is 1. The molecular weight excluding hydrogens is 574 g/mol. The van der Waals surface area contributed by atoms with Gasteiger partial charge in [-0.3, -0.25) is 20.0 Å². The molecule has 0 aromatic carbocycles. The molecule has 0 spiro atoms. The van der Waals surface area contributed by atoms with E-state index in [4.69, 9.17) is 9.72 Å². The predicted molar refractivity (Wildman–Crippen MR) is 157 cm³/mol. The van der Waals surface area contributed by atoms with Crippen LogP contribution in [0.5, 0.6) is 5.75 Å². The lowest BCUT2D eigenvalue weighted by Gasteiger charge is -2.24. The van der Waals surface area contributed by atoms with Crippen molar-refractivity contribution < 1.29 is 19.5 Å². The maximum absolute atomic E-state index is 12.4. The second-order valence-corrected chi connectivity index (χ2v) is 11.1. The van der Waals surface area contributed by atoms with Crippen molar-refractivity contribution in [2.24, 2.45) is 0 Å². The Morgan fingerprint density at radius 1 is 1.20 bits per heavy atom. The molecule has 4 rings (SSSR count). The normalized spacial score (nSPS) is 13.4. The summed E-state index contributed by atoms with van der Waals surface area (Å²) in [5.41, 5.74) is 3.38. The highest BCUT2D eigenvalue weighted by Crippen LogP contribution is 2.20. The molecule has 10 nitrogen and oxygen atoms in total. The maximum Gasteiger partial charge on any atom is 0.428 e. The minimum absolute atomic E-state index is 0.0151. The van der Waals surface area contributed by atoms with Crippen molar-refractivity contribution in [2.45, 2.75) is 58.4 Å². The van der Waals surface area contributed by atoms with Crippen LogP contribution < -0.4 is 20.1 Å². The van der Waals surface area contributed by atoms with Crippen LogP contribution in [0.4, 0.5) is 11.8 Å². The van der Waals surface area contributed by atoms with Gasteiger partial charge >= 0.3 is 5.95 Å². The predicted octanol–water partition coefficient (Wildman–Crippen LogP) is 3.99. The van der Waals surface area contributed by atoms with Crippen LogP contribution in [0.1, 0.15) is 49.6 Å². The molecule has 0 saturated heterocycles. The Balaban J connectivity index is 1.31. The Labute approximate surface area is 244 Å². The Morgan fingerprint density at radius 2 is 2.08 bits per heavy atom. The molecule has 0 bridgehead atoms. The first-order valence-electron chi connectivity index (χ1n) is 13.9. The largest absolute Gasteiger partial charge is 0.491 e. The first-order valence-corrected chi connectivity index (χ1v) is 14.7. The van der Waals surface area contributed by atoms with Crippen LogP contribution in [-0.4, -0.2) is 69.7 Å². The minimum atomic E-state index is -0.482. The zero-order valence-electron chi connectivity index (χ0n) is 23.3. The highest BCUT2D eigenvalue weighted by molar-refractivity contribution is 9.10. The van der Waals surface area contributed by atoms with E-state index < -0.39 is 6.04 Å². The van der Waals surface area contributed by atoms with Gasteiger partial charge in [0.1, 0.15) is 36.6 Å². The number of fused-ring (bicyclic) bond motifs is 1. The summed E-state index contributed by atoms with van der Waals surface area (Å²) in [6, 6.07) is 7.74. The molecule has 3 N–H and O–H groups in total. The average molecular weight is 614 g/mol. The van der Waals surface area contributed by atoms with Crippen molar-refractivity contribution in [3.63, 3.8) is 0 Å². The monoisotopic (exact) mass is 612 g/mol. The lowest BCUT2D eigenvalue weighted by atomic mass is 10.1. The first kappa shape index (κ1) is 29.7. The summed E-state index contributed by atoms with van der Waals surface area (Å²) < 4.78 is 7.46. The number of ketones is 1. The number of nitrogens with zero attached hydrogens (tertiary/aromatic N) is 5. The summed E-state index contributed by atoms with van der Waals surface area (Å²) in [7, 11) is 0. The van der Waals surface area contributed by atoms with Crippen LogP contribution in [0.15, 0.2) is 47.3 Å². The van der Waals surface area contributed by atoms with E-state index in [1.165, 1.54) is 11.8 Å². The van der Waals surface area contributed by atoms with E-state index in [1.54, 1.807) is 19.3 Å². The molecular formula is C29H39BrN7O3+. The van der Waals surface area contributed by atoms with Crippen LogP contribution in [0.3, 0.4) is 0 Å². The van der Waals surface area contributed by atoms with Gasteiger partial charge in [-0.2, -0.15) is 0 Å². The fraction of sp³-hybridized carbons (Fsp3) is 0.483. The first-order chi connectivity index (χ1) is 19.4. The molecule has 0 aliphatic carbocycles. The summed E-state index contributed by atoms with van der Waals surface area (Å²) in [5.74, 6) is 1.99. The number of halogens is 1. The highest BCUT2D eigenvalue weighted by atomic mass is 79.9. The van der Waals surface area contributed by atoms with Gasteiger partial charge in [-0.1, -0.05) is 15.8 Å². The van der Waals surface area contributed by atoms with E-state index in [9.17, 15) is 10.0 Å². The second kappa shape index (κ2) is 14.9. The quantitative estimate of drug-likeness (QED) is 0.133. The number of aromatic nitrogens is 4. The van der Waals surface area contributed by atoms with Gasteiger partial charge in [0.25, 0.3) is 0 Å². The Hall–Kier alpha value is -3.31. The van der Waals surface area contributed by atoms with Crippen molar-refractivity contribution in [3.05, 3.63) is 64.3 Å².